The van der Waals surface area contributed by atoms with E-state index >= 15 is 35.1 Å². The van der Waals surface area contributed by atoms with E-state index in [0.29, 0.717) is 22.6 Å². The number of carbonyl (C=O) groups is 2. The number of halogens is 8. The summed E-state index contributed by atoms with van der Waals surface area (Å²) < 4.78 is 150. The highest BCUT2D eigenvalue weighted by atomic mass is 19.4. The average Bonchev–Trinajstić information content (AvgIpc) is 3.97. The van der Waals surface area contributed by atoms with Crippen molar-refractivity contribution in [3.63, 3.8) is 0 Å². The largest absolute Gasteiger partial charge is 0.497 e. The van der Waals surface area contributed by atoms with Gasteiger partial charge in [0.05, 0.1) is 61.5 Å². The lowest BCUT2D eigenvalue weighted by Gasteiger charge is -2.42. The number of ether oxygens (including phenoxy) is 4. The summed E-state index contributed by atoms with van der Waals surface area (Å²) in [5.74, 6) is -4.22. The van der Waals surface area contributed by atoms with Crippen LogP contribution < -0.4 is 24.4 Å². The Kier molecular flexibility index (Phi) is 12.4. The monoisotopic (exact) mass is 957 g/mol. The number of hydrogen-bond donors (Lipinski definition) is 1. The van der Waals surface area contributed by atoms with Gasteiger partial charge in [-0.1, -0.05) is 24.3 Å². The number of fused-ring (bicyclic) bond motifs is 6. The summed E-state index contributed by atoms with van der Waals surface area (Å²) in [6.07, 6.45) is -13.1. The molecule has 21 heteroatoms. The zero-order valence-corrected chi connectivity index (χ0v) is 37.9. The molecule has 3 aliphatic rings. The minimum atomic E-state index is -5.39. The van der Waals surface area contributed by atoms with Crippen LogP contribution in [0.2, 0.25) is 0 Å². The number of carbonyl (C=O) groups excluding carboxylic acids is 2. The van der Waals surface area contributed by atoms with E-state index in [1.165, 1.54) is 36.1 Å². The fourth-order valence-electron chi connectivity index (χ4n) is 9.15. The lowest BCUT2D eigenvalue weighted by molar-refractivity contribution is -0.214. The van der Waals surface area contributed by atoms with Crippen LogP contribution in [0.3, 0.4) is 0 Å². The van der Waals surface area contributed by atoms with Crippen LogP contribution in [0.15, 0.2) is 66.9 Å². The second-order valence-corrected chi connectivity index (χ2v) is 17.8. The molecule has 8 rings (SSSR count). The number of amides is 2. The highest BCUT2D eigenvalue weighted by Gasteiger charge is 2.65. The van der Waals surface area contributed by atoms with Crippen molar-refractivity contribution in [3.05, 3.63) is 112 Å². The maximum Gasteiger partial charge on any atom is 0.427 e. The van der Waals surface area contributed by atoms with Crippen molar-refractivity contribution >= 4 is 23.4 Å². The van der Waals surface area contributed by atoms with E-state index in [1.807, 2.05) is 0 Å². The van der Waals surface area contributed by atoms with Gasteiger partial charge in [0.2, 0.25) is 12.0 Å². The molecule has 2 aromatic heterocycles. The standard InChI is InChI=1S/C47H47F8N7O6/c1-24-35(46(50,51)52)31(19-32(36(24)48)60(21-25-8-12-29(65-6)13-9-25)22-26-10-14-30(66-7)15-11-26)38-37(49)39(56-20-27-16-17-59(5)58-27)34-42(57-38)67-41(47(53,54)55)40-33-18-28(62(40)43(34)63)23-61(33)44(64)68-45(2,3)4/h8-17,19,28,33,40-41H,18,20-23H2,1-7H3,(H,56,57)/t28-,33-,40+,41-/m0/s1. The molecule has 5 heterocycles. The molecule has 4 atom stereocenters. The van der Waals surface area contributed by atoms with E-state index in [2.05, 4.69) is 15.4 Å². The Morgan fingerprint density at radius 1 is 0.912 bits per heavy atom. The topological polar surface area (TPSA) is 124 Å². The first kappa shape index (κ1) is 47.7. The third kappa shape index (κ3) is 9.13. The maximum atomic E-state index is 17.8. The lowest BCUT2D eigenvalue weighted by Crippen LogP contribution is -2.63. The molecule has 2 bridgehead atoms. The number of likely N-dealkylation sites (tertiary alicyclic amines) is 1. The maximum absolute atomic E-state index is 17.8. The fourth-order valence-corrected chi connectivity index (χ4v) is 9.15. The van der Waals surface area contributed by atoms with Gasteiger partial charge in [0, 0.05) is 38.4 Å². The van der Waals surface area contributed by atoms with Crippen molar-refractivity contribution in [2.24, 2.45) is 7.05 Å². The van der Waals surface area contributed by atoms with Crippen molar-refractivity contribution in [1.82, 2.24) is 24.6 Å². The quantitative estimate of drug-likeness (QED) is 0.128. The second kappa shape index (κ2) is 17.7. The molecule has 0 unspecified atom stereocenters. The molecule has 0 radical (unpaired) electrons. The van der Waals surface area contributed by atoms with Gasteiger partial charge in [-0.3, -0.25) is 9.48 Å². The van der Waals surface area contributed by atoms with Gasteiger partial charge in [0.1, 0.15) is 34.2 Å². The first-order chi connectivity index (χ1) is 32.0. The van der Waals surface area contributed by atoms with Crippen molar-refractivity contribution in [3.8, 4) is 28.6 Å². The van der Waals surface area contributed by atoms with E-state index in [1.54, 1.807) is 76.3 Å². The molecule has 2 fully saturated rings. The molecule has 3 aromatic carbocycles. The summed E-state index contributed by atoms with van der Waals surface area (Å²) in [4.78, 5) is 35.6. The predicted molar refractivity (Wildman–Crippen MR) is 231 cm³/mol. The van der Waals surface area contributed by atoms with E-state index in [0.717, 1.165) is 22.8 Å². The van der Waals surface area contributed by atoms with Crippen molar-refractivity contribution in [2.75, 3.05) is 31.0 Å². The zero-order chi connectivity index (χ0) is 49.2. The third-order valence-corrected chi connectivity index (χ3v) is 12.1. The number of benzene rings is 3. The molecule has 2 amide bonds. The SMILES string of the molecule is COc1ccc(CN(Cc2ccc(OC)cc2)c2cc(-c3nc4c(c(NCc5ccn(C)n5)c3F)C(=O)N3[C@H]5C[C@@H]([C@@H]3[C@@H](C(F)(F)F)O4)N(C(=O)OC(C)(C)C)C5)c(C(F)(F)F)c(C)c2F)cc1. The van der Waals surface area contributed by atoms with Crippen LogP contribution in [-0.4, -0.2) is 93.3 Å². The molecule has 13 nitrogen and oxygen atoms in total. The Morgan fingerprint density at radius 2 is 1.51 bits per heavy atom. The van der Waals surface area contributed by atoms with Gasteiger partial charge in [-0.25, -0.2) is 18.6 Å². The predicted octanol–water partition coefficient (Wildman–Crippen LogP) is 9.45. The van der Waals surface area contributed by atoms with Crippen molar-refractivity contribution in [1.29, 1.82) is 0 Å². The van der Waals surface area contributed by atoms with E-state index < -0.39 is 111 Å². The molecule has 0 spiro atoms. The molecule has 68 heavy (non-hydrogen) atoms. The van der Waals surface area contributed by atoms with Crippen LogP contribution in [0.25, 0.3) is 11.3 Å². The first-order valence-corrected chi connectivity index (χ1v) is 21.4. The summed E-state index contributed by atoms with van der Waals surface area (Å²) in [5.41, 5.74) is -6.63. The van der Waals surface area contributed by atoms with E-state index in [9.17, 15) is 9.59 Å². The molecule has 5 aromatic rings. The van der Waals surface area contributed by atoms with Crippen molar-refractivity contribution < 1.29 is 63.7 Å². The van der Waals surface area contributed by atoms with Gasteiger partial charge in [0.15, 0.2) is 5.82 Å². The van der Waals surface area contributed by atoms with Crippen LogP contribution in [0.1, 0.15) is 65.5 Å². The molecule has 0 aliphatic carbocycles. The Hall–Kier alpha value is -6.80. The summed E-state index contributed by atoms with van der Waals surface area (Å²) in [6.45, 7) is 4.75. The van der Waals surface area contributed by atoms with Crippen molar-refractivity contribution in [2.45, 2.75) is 95.9 Å². The zero-order valence-electron chi connectivity index (χ0n) is 37.9. The van der Waals surface area contributed by atoms with Crippen LogP contribution in [0.5, 0.6) is 17.4 Å². The van der Waals surface area contributed by atoms with E-state index in [4.69, 9.17) is 18.9 Å². The van der Waals surface area contributed by atoms with Gasteiger partial charge >= 0.3 is 18.4 Å². The van der Waals surface area contributed by atoms with E-state index in [-0.39, 0.29) is 38.3 Å². The van der Waals surface area contributed by atoms with Gasteiger partial charge < -0.3 is 39.0 Å². The fraction of sp³-hybridized carbons (Fsp3) is 0.404. The number of alkyl halides is 6. The molecule has 362 valence electrons. The summed E-state index contributed by atoms with van der Waals surface area (Å²) in [7, 11) is 4.50. The highest BCUT2D eigenvalue weighted by Crippen LogP contribution is 2.50. The Morgan fingerprint density at radius 3 is 2.03 bits per heavy atom. The highest BCUT2D eigenvalue weighted by molar-refractivity contribution is 6.04. The van der Waals surface area contributed by atoms with Crippen LogP contribution in [0, 0.1) is 18.6 Å². The van der Waals surface area contributed by atoms with Gasteiger partial charge in [-0.2, -0.15) is 31.4 Å². The lowest BCUT2D eigenvalue weighted by atomic mass is 9.94. The minimum Gasteiger partial charge on any atom is -0.497 e. The number of methoxy groups -OCH3 is 2. The summed E-state index contributed by atoms with van der Waals surface area (Å²) in [5, 5.41) is 6.94. The molecule has 2 saturated heterocycles. The molecule has 3 aliphatic heterocycles. The molecular weight excluding hydrogens is 911 g/mol. The normalized spacial score (nSPS) is 19.0. The smallest absolute Gasteiger partial charge is 0.427 e. The molecule has 1 N–H and O–H groups in total. The number of anilines is 2. The minimum absolute atomic E-state index is 0.109. The number of nitrogens with one attached hydrogen (secondary N) is 1. The second-order valence-electron chi connectivity index (χ2n) is 17.8. The Labute approximate surface area is 385 Å². The summed E-state index contributed by atoms with van der Waals surface area (Å²) >= 11 is 0. The first-order valence-electron chi connectivity index (χ1n) is 21.4. The average molecular weight is 958 g/mol. The van der Waals surface area contributed by atoms with Crippen LogP contribution in [0.4, 0.5) is 51.3 Å². The Bertz CT molecular complexity index is 2670. The number of piperazine rings is 1. The molecular formula is C47H47F8N7O6. The Balaban J connectivity index is 1.33. The van der Waals surface area contributed by atoms with Gasteiger partial charge in [-0.15, -0.1) is 0 Å². The van der Waals surface area contributed by atoms with Gasteiger partial charge in [-0.05, 0) is 87.2 Å². The number of nitrogens with zero attached hydrogens (tertiary/aromatic N) is 6. The molecule has 0 saturated carbocycles. The number of pyridine rings is 1. The number of rotatable bonds is 11. The number of aryl methyl sites for hydroxylation is 1. The number of aromatic nitrogens is 3. The summed E-state index contributed by atoms with van der Waals surface area (Å²) in [6, 6.07) is 11.2. The van der Waals surface area contributed by atoms with Crippen LogP contribution in [-0.2, 0) is 37.6 Å². The van der Waals surface area contributed by atoms with Gasteiger partial charge in [0.25, 0.3) is 5.91 Å². The third-order valence-electron chi connectivity index (χ3n) is 12.1. The number of hydrogen-bond acceptors (Lipinski definition) is 10. The van der Waals surface area contributed by atoms with Crippen LogP contribution >= 0.6 is 0 Å².